The summed E-state index contributed by atoms with van der Waals surface area (Å²) in [7, 11) is 0. The number of carbonyl (C=O) groups is 1. The maximum Gasteiger partial charge on any atom is 0.233 e. The van der Waals surface area contributed by atoms with E-state index in [-0.39, 0.29) is 17.8 Å². The number of benzene rings is 2. The summed E-state index contributed by atoms with van der Waals surface area (Å²) < 4.78 is 16.7. The largest absolute Gasteiger partial charge is 0.368 e. The van der Waals surface area contributed by atoms with Crippen LogP contribution in [0.4, 0.5) is 10.1 Å². The summed E-state index contributed by atoms with van der Waals surface area (Å²) in [6, 6.07) is 17.3. The number of aromatic nitrogens is 3. The van der Waals surface area contributed by atoms with Gasteiger partial charge in [0.15, 0.2) is 11.0 Å². The van der Waals surface area contributed by atoms with Crippen LogP contribution in [0.2, 0.25) is 0 Å². The lowest BCUT2D eigenvalue weighted by Gasteiger charge is -2.36. The third-order valence-corrected chi connectivity index (χ3v) is 7.73. The standard InChI is InChI=1S/C26H30FN5OS/c27-23-14-8-7-13-22(23)25-28-29-26(32(25)21-11-5-2-6-12-21)34-19-24(33)31-17-15-30(16-18-31)20-9-3-1-4-10-20/h1,3-4,7-10,13-14,21H,2,5-6,11-12,15-19H2. The Morgan fingerprint density at radius 3 is 2.35 bits per heavy atom. The lowest BCUT2D eigenvalue weighted by Crippen LogP contribution is -2.49. The number of rotatable bonds is 6. The van der Waals surface area contributed by atoms with E-state index in [9.17, 15) is 9.18 Å². The van der Waals surface area contributed by atoms with Gasteiger partial charge in [-0.05, 0) is 37.1 Å². The van der Waals surface area contributed by atoms with Crippen LogP contribution in [0.1, 0.15) is 38.1 Å². The van der Waals surface area contributed by atoms with E-state index in [1.807, 2.05) is 29.2 Å². The first-order valence-electron chi connectivity index (χ1n) is 12.1. The first kappa shape index (κ1) is 22.9. The Labute approximate surface area is 204 Å². The summed E-state index contributed by atoms with van der Waals surface area (Å²) in [6.07, 6.45) is 5.58. The molecular formula is C26H30FN5OS. The van der Waals surface area contributed by atoms with Gasteiger partial charge in [0.1, 0.15) is 5.82 Å². The average molecular weight is 480 g/mol. The number of thioether (sulfide) groups is 1. The molecule has 1 aromatic heterocycles. The summed E-state index contributed by atoms with van der Waals surface area (Å²) in [5.41, 5.74) is 1.67. The zero-order valence-corrected chi connectivity index (χ0v) is 20.1. The second-order valence-corrected chi connectivity index (χ2v) is 9.88. The Kier molecular flexibility index (Phi) is 7.13. The van der Waals surface area contributed by atoms with E-state index in [0.717, 1.165) is 38.8 Å². The Morgan fingerprint density at radius 2 is 1.62 bits per heavy atom. The maximum absolute atomic E-state index is 14.6. The van der Waals surface area contributed by atoms with Crippen LogP contribution in [0.15, 0.2) is 59.8 Å². The van der Waals surface area contributed by atoms with Crippen LogP contribution in [-0.2, 0) is 4.79 Å². The van der Waals surface area contributed by atoms with E-state index in [0.29, 0.717) is 35.4 Å². The van der Waals surface area contributed by atoms with E-state index in [1.54, 1.807) is 12.1 Å². The predicted octanol–water partition coefficient (Wildman–Crippen LogP) is 5.03. The SMILES string of the molecule is O=C(CSc1nnc(-c2ccccc2F)n1C1CCCCC1)N1CCN(c2ccccc2)CC1. The highest BCUT2D eigenvalue weighted by atomic mass is 32.2. The van der Waals surface area contributed by atoms with Gasteiger partial charge >= 0.3 is 0 Å². The molecule has 178 valence electrons. The molecule has 1 saturated heterocycles. The molecule has 2 heterocycles. The van der Waals surface area contributed by atoms with Gasteiger partial charge in [-0.15, -0.1) is 10.2 Å². The van der Waals surface area contributed by atoms with Crippen LogP contribution in [0.5, 0.6) is 0 Å². The monoisotopic (exact) mass is 479 g/mol. The topological polar surface area (TPSA) is 54.3 Å². The second-order valence-electron chi connectivity index (χ2n) is 8.94. The fourth-order valence-corrected chi connectivity index (χ4v) is 5.85. The number of halogens is 1. The van der Waals surface area contributed by atoms with Gasteiger partial charge in [0, 0.05) is 37.9 Å². The summed E-state index contributed by atoms with van der Waals surface area (Å²) in [4.78, 5) is 17.3. The summed E-state index contributed by atoms with van der Waals surface area (Å²) in [6.45, 7) is 3.08. The molecule has 5 rings (SSSR count). The molecular weight excluding hydrogens is 449 g/mol. The number of para-hydroxylation sites is 1. The zero-order valence-electron chi connectivity index (χ0n) is 19.3. The molecule has 34 heavy (non-hydrogen) atoms. The van der Waals surface area contributed by atoms with Crippen molar-refractivity contribution in [2.24, 2.45) is 0 Å². The van der Waals surface area contributed by atoms with Gasteiger partial charge in [0.25, 0.3) is 0 Å². The van der Waals surface area contributed by atoms with Crippen LogP contribution in [0.25, 0.3) is 11.4 Å². The van der Waals surface area contributed by atoms with Crippen LogP contribution in [0.3, 0.4) is 0 Å². The Hall–Kier alpha value is -2.87. The summed E-state index contributed by atoms with van der Waals surface area (Å²) in [5.74, 6) is 0.698. The van der Waals surface area contributed by atoms with Crippen molar-refractivity contribution in [3.63, 3.8) is 0 Å². The smallest absolute Gasteiger partial charge is 0.233 e. The molecule has 2 fully saturated rings. The summed E-state index contributed by atoms with van der Waals surface area (Å²) >= 11 is 1.42. The van der Waals surface area contributed by atoms with Crippen molar-refractivity contribution in [3.05, 3.63) is 60.4 Å². The molecule has 0 spiro atoms. The van der Waals surface area contributed by atoms with Crippen LogP contribution in [-0.4, -0.2) is 57.5 Å². The minimum absolute atomic E-state index is 0.114. The van der Waals surface area contributed by atoms with Crippen LogP contribution < -0.4 is 4.90 Å². The first-order valence-corrected chi connectivity index (χ1v) is 13.1. The molecule has 8 heteroatoms. The molecule has 1 aliphatic heterocycles. The molecule has 0 unspecified atom stereocenters. The number of amides is 1. The van der Waals surface area contributed by atoms with Gasteiger partial charge in [-0.1, -0.05) is 61.4 Å². The molecule has 2 aromatic carbocycles. The van der Waals surface area contributed by atoms with E-state index in [2.05, 4.69) is 31.8 Å². The minimum atomic E-state index is -0.295. The molecule has 0 atom stereocenters. The third-order valence-electron chi connectivity index (χ3n) is 6.80. The molecule has 1 aliphatic carbocycles. The molecule has 2 aliphatic rings. The second kappa shape index (κ2) is 10.6. The molecule has 0 N–H and O–H groups in total. The predicted molar refractivity (Wildman–Crippen MR) is 133 cm³/mol. The number of carbonyl (C=O) groups excluding carboxylic acids is 1. The number of nitrogens with zero attached hydrogens (tertiary/aromatic N) is 5. The van der Waals surface area contributed by atoms with Crippen molar-refractivity contribution >= 4 is 23.4 Å². The van der Waals surface area contributed by atoms with Gasteiger partial charge in [-0.3, -0.25) is 9.36 Å². The number of hydrogen-bond acceptors (Lipinski definition) is 5. The average Bonchev–Trinajstić information content (AvgIpc) is 3.32. The fourth-order valence-electron chi connectivity index (χ4n) is 4.94. The minimum Gasteiger partial charge on any atom is -0.368 e. The van der Waals surface area contributed by atoms with Gasteiger partial charge < -0.3 is 9.80 Å². The summed E-state index contributed by atoms with van der Waals surface area (Å²) in [5, 5.41) is 9.49. The van der Waals surface area contributed by atoms with Gasteiger partial charge in [0.05, 0.1) is 11.3 Å². The normalized spacial score (nSPS) is 17.2. The van der Waals surface area contributed by atoms with Crippen LogP contribution in [0, 0.1) is 5.82 Å². The van der Waals surface area contributed by atoms with Crippen molar-refractivity contribution in [2.45, 2.75) is 43.3 Å². The van der Waals surface area contributed by atoms with Gasteiger partial charge in [-0.25, -0.2) is 4.39 Å². The maximum atomic E-state index is 14.6. The molecule has 1 saturated carbocycles. The number of anilines is 1. The van der Waals surface area contributed by atoms with Crippen molar-refractivity contribution < 1.29 is 9.18 Å². The molecule has 0 radical (unpaired) electrons. The number of piperazine rings is 1. The Morgan fingerprint density at radius 1 is 0.912 bits per heavy atom. The van der Waals surface area contributed by atoms with Gasteiger partial charge in [-0.2, -0.15) is 0 Å². The quantitative estimate of drug-likeness (QED) is 0.464. The van der Waals surface area contributed by atoms with E-state index in [1.165, 1.54) is 29.9 Å². The Balaban J connectivity index is 1.27. The number of hydrogen-bond donors (Lipinski definition) is 0. The molecule has 3 aromatic rings. The zero-order chi connectivity index (χ0) is 23.3. The highest BCUT2D eigenvalue weighted by Gasteiger charge is 2.27. The van der Waals surface area contributed by atoms with Crippen LogP contribution >= 0.6 is 11.8 Å². The van der Waals surface area contributed by atoms with Gasteiger partial charge in [0.2, 0.25) is 5.91 Å². The molecule has 1 amide bonds. The highest BCUT2D eigenvalue weighted by molar-refractivity contribution is 7.99. The fraction of sp³-hybridized carbons (Fsp3) is 0.423. The first-order chi connectivity index (χ1) is 16.7. The van der Waals surface area contributed by atoms with Crippen molar-refractivity contribution in [1.82, 2.24) is 19.7 Å². The van der Waals surface area contributed by atoms with Crippen molar-refractivity contribution in [1.29, 1.82) is 0 Å². The van der Waals surface area contributed by atoms with E-state index in [4.69, 9.17) is 0 Å². The van der Waals surface area contributed by atoms with E-state index >= 15 is 0 Å². The Bertz CT molecular complexity index is 1110. The lowest BCUT2D eigenvalue weighted by molar-refractivity contribution is -0.128. The lowest BCUT2D eigenvalue weighted by atomic mass is 9.95. The molecule has 6 nitrogen and oxygen atoms in total. The van der Waals surface area contributed by atoms with Crippen molar-refractivity contribution in [2.75, 3.05) is 36.8 Å². The third kappa shape index (κ3) is 4.97. The molecule has 0 bridgehead atoms. The highest BCUT2D eigenvalue weighted by Crippen LogP contribution is 2.36. The van der Waals surface area contributed by atoms with Crippen molar-refractivity contribution in [3.8, 4) is 11.4 Å². The van der Waals surface area contributed by atoms with E-state index < -0.39 is 0 Å².